The molecular weight excluding hydrogens is 266 g/mol. The van der Waals surface area contributed by atoms with Crippen molar-refractivity contribution in [2.45, 2.75) is 40.0 Å². The molecule has 0 saturated carbocycles. The summed E-state index contributed by atoms with van der Waals surface area (Å²) in [4.78, 5) is 30.3. The van der Waals surface area contributed by atoms with Crippen LogP contribution in [0.15, 0.2) is 18.3 Å². The molecule has 0 aliphatic carbocycles. The van der Waals surface area contributed by atoms with Crippen molar-refractivity contribution in [1.82, 2.24) is 15.2 Å². The van der Waals surface area contributed by atoms with Gasteiger partial charge in [-0.1, -0.05) is 20.8 Å². The van der Waals surface area contributed by atoms with Gasteiger partial charge in [0.1, 0.15) is 5.69 Å². The molecule has 5 nitrogen and oxygen atoms in total. The first kappa shape index (κ1) is 17.1. The van der Waals surface area contributed by atoms with Gasteiger partial charge in [0, 0.05) is 31.4 Å². The molecule has 1 N–H and O–H groups in total. The Hall–Kier alpha value is -1.91. The van der Waals surface area contributed by atoms with Gasteiger partial charge in [0.2, 0.25) is 0 Å². The van der Waals surface area contributed by atoms with E-state index in [-0.39, 0.29) is 11.8 Å². The zero-order valence-electron chi connectivity index (χ0n) is 13.2. The molecule has 0 fully saturated rings. The largest absolute Gasteiger partial charge is 0.352 e. The molecule has 21 heavy (non-hydrogen) atoms. The summed E-state index contributed by atoms with van der Waals surface area (Å²) in [6.07, 6.45) is 4.21. The van der Waals surface area contributed by atoms with Crippen LogP contribution in [0.4, 0.5) is 0 Å². The summed E-state index contributed by atoms with van der Waals surface area (Å²) in [5.41, 5.74) is 0.816. The van der Waals surface area contributed by atoms with Crippen LogP contribution in [0.25, 0.3) is 0 Å². The molecule has 2 amide bonds. The van der Waals surface area contributed by atoms with Crippen LogP contribution in [-0.4, -0.2) is 41.3 Å². The summed E-state index contributed by atoms with van der Waals surface area (Å²) in [6, 6.07) is 3.21. The summed E-state index contributed by atoms with van der Waals surface area (Å²) >= 11 is 0. The van der Waals surface area contributed by atoms with E-state index < -0.39 is 0 Å². The fraction of sp³-hybridized carbons (Fsp3) is 0.562. The molecule has 1 heterocycles. The van der Waals surface area contributed by atoms with Gasteiger partial charge in [0.15, 0.2) is 0 Å². The fourth-order valence-corrected chi connectivity index (χ4v) is 2.05. The van der Waals surface area contributed by atoms with Gasteiger partial charge in [0.05, 0.1) is 0 Å². The molecule has 1 aromatic rings. The second-order valence-electron chi connectivity index (χ2n) is 4.98. The number of carbonyl (C=O) groups excluding carboxylic acids is 2. The van der Waals surface area contributed by atoms with E-state index >= 15 is 0 Å². The third kappa shape index (κ3) is 5.17. The Labute approximate surface area is 126 Å². The van der Waals surface area contributed by atoms with Gasteiger partial charge < -0.3 is 10.2 Å². The van der Waals surface area contributed by atoms with Crippen LogP contribution in [0.5, 0.6) is 0 Å². The molecule has 1 aromatic heterocycles. The number of hydrogen-bond acceptors (Lipinski definition) is 3. The molecule has 0 radical (unpaired) electrons. The monoisotopic (exact) mass is 291 g/mol. The standard InChI is InChI=1S/C16H25N3O2/c1-4-8-18-15(20)13-7-9-17-14(12-13)16(21)19(10-5-2)11-6-3/h7,9,12H,4-6,8,10-11H2,1-3H3,(H,18,20). The van der Waals surface area contributed by atoms with Crippen molar-refractivity contribution in [2.75, 3.05) is 19.6 Å². The fourth-order valence-electron chi connectivity index (χ4n) is 2.05. The first-order valence-corrected chi connectivity index (χ1v) is 7.67. The van der Waals surface area contributed by atoms with Crippen molar-refractivity contribution in [2.24, 2.45) is 0 Å². The SMILES string of the molecule is CCCNC(=O)c1ccnc(C(=O)N(CCC)CCC)c1. The molecule has 1 rings (SSSR count). The minimum absolute atomic E-state index is 0.108. The molecule has 0 aromatic carbocycles. The molecule has 0 bridgehead atoms. The number of nitrogens with zero attached hydrogens (tertiary/aromatic N) is 2. The maximum absolute atomic E-state index is 12.4. The van der Waals surface area contributed by atoms with Gasteiger partial charge >= 0.3 is 0 Å². The topological polar surface area (TPSA) is 62.3 Å². The zero-order valence-corrected chi connectivity index (χ0v) is 13.2. The smallest absolute Gasteiger partial charge is 0.272 e. The Kier molecular flexibility index (Phi) is 7.43. The first-order valence-electron chi connectivity index (χ1n) is 7.67. The van der Waals surface area contributed by atoms with E-state index in [1.807, 2.05) is 20.8 Å². The third-order valence-electron chi connectivity index (χ3n) is 3.05. The van der Waals surface area contributed by atoms with Crippen molar-refractivity contribution < 1.29 is 9.59 Å². The van der Waals surface area contributed by atoms with Crippen LogP contribution in [0.1, 0.15) is 60.9 Å². The number of hydrogen-bond donors (Lipinski definition) is 1. The summed E-state index contributed by atoms with van der Waals surface area (Å²) in [7, 11) is 0. The lowest BCUT2D eigenvalue weighted by molar-refractivity contribution is 0.0749. The Morgan fingerprint density at radius 2 is 1.81 bits per heavy atom. The van der Waals surface area contributed by atoms with Crippen molar-refractivity contribution in [1.29, 1.82) is 0 Å². The highest BCUT2D eigenvalue weighted by molar-refractivity contribution is 5.98. The number of amides is 2. The summed E-state index contributed by atoms with van der Waals surface area (Å²) in [5, 5.41) is 2.80. The lowest BCUT2D eigenvalue weighted by Gasteiger charge is -2.21. The zero-order chi connectivity index (χ0) is 15.7. The minimum atomic E-state index is -0.161. The Bertz CT molecular complexity index is 468. The van der Waals surface area contributed by atoms with Gasteiger partial charge in [-0.25, -0.2) is 0 Å². The molecule has 0 aliphatic heterocycles. The Morgan fingerprint density at radius 3 is 2.38 bits per heavy atom. The molecule has 0 spiro atoms. The van der Waals surface area contributed by atoms with E-state index in [9.17, 15) is 9.59 Å². The highest BCUT2D eigenvalue weighted by Gasteiger charge is 2.17. The average Bonchev–Trinajstić information content (AvgIpc) is 2.51. The first-order chi connectivity index (χ1) is 10.1. The second-order valence-corrected chi connectivity index (χ2v) is 4.98. The van der Waals surface area contributed by atoms with Gasteiger partial charge in [0.25, 0.3) is 11.8 Å². The van der Waals surface area contributed by atoms with Crippen molar-refractivity contribution in [3.8, 4) is 0 Å². The molecule has 0 aliphatic rings. The van der Waals surface area contributed by atoms with E-state index in [1.165, 1.54) is 6.20 Å². The predicted molar refractivity (Wildman–Crippen MR) is 83.3 cm³/mol. The van der Waals surface area contributed by atoms with Gasteiger partial charge in [-0.2, -0.15) is 0 Å². The quantitative estimate of drug-likeness (QED) is 0.800. The second kappa shape index (κ2) is 9.10. The number of rotatable bonds is 8. The molecule has 0 atom stereocenters. The van der Waals surface area contributed by atoms with Gasteiger partial charge in [-0.05, 0) is 31.4 Å². The summed E-state index contributed by atoms with van der Waals surface area (Å²) in [6.45, 7) is 8.12. The Balaban J connectivity index is 2.87. The van der Waals surface area contributed by atoms with Crippen molar-refractivity contribution in [3.63, 3.8) is 0 Å². The average molecular weight is 291 g/mol. The van der Waals surface area contributed by atoms with Crippen LogP contribution in [0.2, 0.25) is 0 Å². The number of aromatic nitrogens is 1. The molecule has 5 heteroatoms. The van der Waals surface area contributed by atoms with Crippen LogP contribution < -0.4 is 5.32 Å². The number of pyridine rings is 1. The van der Waals surface area contributed by atoms with E-state index in [0.29, 0.717) is 30.9 Å². The maximum Gasteiger partial charge on any atom is 0.272 e. The molecular formula is C16H25N3O2. The maximum atomic E-state index is 12.4. The van der Waals surface area contributed by atoms with E-state index in [1.54, 1.807) is 17.0 Å². The number of carbonyl (C=O) groups is 2. The van der Waals surface area contributed by atoms with Crippen molar-refractivity contribution in [3.05, 3.63) is 29.6 Å². The predicted octanol–water partition coefficient (Wildman–Crippen LogP) is 2.48. The molecule has 0 unspecified atom stereocenters. The van der Waals surface area contributed by atoms with Crippen molar-refractivity contribution >= 4 is 11.8 Å². The third-order valence-corrected chi connectivity index (χ3v) is 3.05. The minimum Gasteiger partial charge on any atom is -0.352 e. The number of nitrogens with one attached hydrogen (secondary N) is 1. The van der Waals surface area contributed by atoms with Crippen LogP contribution in [0, 0.1) is 0 Å². The lowest BCUT2D eigenvalue weighted by atomic mass is 10.2. The van der Waals surface area contributed by atoms with E-state index in [4.69, 9.17) is 0 Å². The molecule has 116 valence electrons. The normalized spacial score (nSPS) is 10.2. The lowest BCUT2D eigenvalue weighted by Crippen LogP contribution is -2.33. The highest BCUT2D eigenvalue weighted by atomic mass is 16.2. The van der Waals surface area contributed by atoms with Gasteiger partial charge in [-0.15, -0.1) is 0 Å². The molecule has 0 saturated heterocycles. The Morgan fingerprint density at radius 1 is 1.14 bits per heavy atom. The van der Waals surface area contributed by atoms with E-state index in [0.717, 1.165) is 19.3 Å². The summed E-state index contributed by atoms with van der Waals surface area (Å²) in [5.74, 6) is -0.269. The van der Waals surface area contributed by atoms with Gasteiger partial charge in [-0.3, -0.25) is 14.6 Å². The van der Waals surface area contributed by atoms with Crippen LogP contribution in [0.3, 0.4) is 0 Å². The summed E-state index contributed by atoms with van der Waals surface area (Å²) < 4.78 is 0. The van der Waals surface area contributed by atoms with Crippen LogP contribution >= 0.6 is 0 Å². The van der Waals surface area contributed by atoms with Crippen LogP contribution in [-0.2, 0) is 0 Å². The highest BCUT2D eigenvalue weighted by Crippen LogP contribution is 2.07. The van der Waals surface area contributed by atoms with E-state index in [2.05, 4.69) is 10.3 Å².